The van der Waals surface area contributed by atoms with Crippen molar-refractivity contribution in [2.45, 2.75) is 6.92 Å². The maximum Gasteiger partial charge on any atom is 0.269 e. The highest BCUT2D eigenvalue weighted by Crippen LogP contribution is 2.04. The number of anilines is 1. The lowest BCUT2D eigenvalue weighted by atomic mass is 10.4. The zero-order chi connectivity index (χ0) is 11.1. The summed E-state index contributed by atoms with van der Waals surface area (Å²) in [6.45, 7) is 2.34. The lowest BCUT2D eigenvalue weighted by Gasteiger charge is -2.12. The molecule has 80 valence electrons. The van der Waals surface area contributed by atoms with Crippen molar-refractivity contribution in [1.82, 2.24) is 4.98 Å². The van der Waals surface area contributed by atoms with Gasteiger partial charge in [0, 0.05) is 12.3 Å². The fourth-order valence-electron chi connectivity index (χ4n) is 0.892. The van der Waals surface area contributed by atoms with Gasteiger partial charge in [0.15, 0.2) is 0 Å². The van der Waals surface area contributed by atoms with Gasteiger partial charge in [0.1, 0.15) is 5.82 Å². The van der Waals surface area contributed by atoms with Crippen LogP contribution in [0, 0.1) is 0 Å². The van der Waals surface area contributed by atoms with Crippen molar-refractivity contribution in [2.75, 3.05) is 11.6 Å². The summed E-state index contributed by atoms with van der Waals surface area (Å²) < 4.78 is 4.89. The van der Waals surface area contributed by atoms with E-state index in [9.17, 15) is 4.79 Å². The number of aromatic nitrogens is 1. The monoisotopic (exact) mass is 207 g/mol. The average molecular weight is 207 g/mol. The van der Waals surface area contributed by atoms with Gasteiger partial charge in [-0.15, -0.1) is 0 Å². The van der Waals surface area contributed by atoms with Crippen LogP contribution in [0.5, 0.6) is 0 Å². The van der Waals surface area contributed by atoms with Crippen LogP contribution in [0.1, 0.15) is 6.92 Å². The summed E-state index contributed by atoms with van der Waals surface area (Å²) >= 11 is 0. The average Bonchev–Trinajstić information content (AvgIpc) is 2.29. The molecule has 0 fully saturated rings. The topological polar surface area (TPSA) is 68.5 Å². The van der Waals surface area contributed by atoms with E-state index in [-0.39, 0.29) is 5.91 Å². The molecule has 0 aliphatic carbocycles. The number of nitrogens with zero attached hydrogens (tertiary/aromatic N) is 2. The quantitative estimate of drug-likeness (QED) is 0.261. The number of rotatable bonds is 4. The molecule has 0 radical (unpaired) electrons. The molecule has 5 nitrogen and oxygen atoms in total. The summed E-state index contributed by atoms with van der Waals surface area (Å²) in [5.74, 6) is 5.54. The first-order valence-corrected chi connectivity index (χ1v) is 4.53. The lowest BCUT2D eigenvalue weighted by molar-refractivity contribution is -0.114. The molecule has 0 aliphatic heterocycles. The Morgan fingerprint density at radius 2 is 2.47 bits per heavy atom. The van der Waals surface area contributed by atoms with E-state index in [0.717, 1.165) is 5.01 Å². The molecule has 0 spiro atoms. The summed E-state index contributed by atoms with van der Waals surface area (Å²) in [5.41, 5.74) is 0. The maximum absolute atomic E-state index is 11.4. The van der Waals surface area contributed by atoms with E-state index < -0.39 is 0 Å². The first-order valence-electron chi connectivity index (χ1n) is 4.53. The van der Waals surface area contributed by atoms with Crippen LogP contribution >= 0.6 is 0 Å². The third-order valence-electron chi connectivity index (χ3n) is 1.61. The van der Waals surface area contributed by atoms with E-state index in [0.29, 0.717) is 12.4 Å². The molecule has 15 heavy (non-hydrogen) atoms. The second kappa shape index (κ2) is 5.77. The summed E-state index contributed by atoms with van der Waals surface area (Å²) in [6.07, 6.45) is 4.12. The van der Waals surface area contributed by atoms with Crippen LogP contribution in [-0.2, 0) is 9.53 Å². The number of hydrazine groups is 1. The zero-order valence-electron chi connectivity index (χ0n) is 8.46. The third-order valence-corrected chi connectivity index (χ3v) is 1.61. The predicted molar refractivity (Wildman–Crippen MR) is 56.7 cm³/mol. The van der Waals surface area contributed by atoms with Crippen LogP contribution < -0.4 is 10.9 Å². The first-order chi connectivity index (χ1) is 7.25. The zero-order valence-corrected chi connectivity index (χ0v) is 8.46. The Kier molecular flexibility index (Phi) is 4.30. The SMILES string of the molecule is CCOC=CC(=O)N(N)c1ccccn1. The van der Waals surface area contributed by atoms with Gasteiger partial charge in [0.25, 0.3) is 5.91 Å². The number of hydrogen-bond acceptors (Lipinski definition) is 4. The van der Waals surface area contributed by atoms with Crippen LogP contribution in [0.25, 0.3) is 0 Å². The Hall–Kier alpha value is -1.88. The van der Waals surface area contributed by atoms with E-state index in [2.05, 4.69) is 4.98 Å². The molecule has 1 aromatic heterocycles. The van der Waals surface area contributed by atoms with Crippen molar-refractivity contribution >= 4 is 11.7 Å². The Morgan fingerprint density at radius 1 is 1.67 bits per heavy atom. The fourth-order valence-corrected chi connectivity index (χ4v) is 0.892. The third kappa shape index (κ3) is 3.40. The Balaban J connectivity index is 2.61. The van der Waals surface area contributed by atoms with E-state index in [1.807, 2.05) is 6.92 Å². The Bertz CT molecular complexity index is 338. The molecule has 1 heterocycles. The van der Waals surface area contributed by atoms with Gasteiger partial charge in [0.05, 0.1) is 12.9 Å². The normalized spacial score (nSPS) is 10.3. The molecule has 1 aromatic rings. The van der Waals surface area contributed by atoms with Gasteiger partial charge >= 0.3 is 0 Å². The summed E-state index contributed by atoms with van der Waals surface area (Å²) in [5, 5.41) is 0.954. The molecule has 0 aromatic carbocycles. The number of hydrogen-bond donors (Lipinski definition) is 1. The number of amides is 1. The van der Waals surface area contributed by atoms with Crippen LogP contribution in [0.15, 0.2) is 36.7 Å². The second-order valence-corrected chi connectivity index (χ2v) is 2.65. The summed E-state index contributed by atoms with van der Waals surface area (Å²) in [7, 11) is 0. The van der Waals surface area contributed by atoms with Crippen molar-refractivity contribution in [3.05, 3.63) is 36.7 Å². The minimum atomic E-state index is -0.387. The second-order valence-electron chi connectivity index (χ2n) is 2.65. The molecular formula is C10H13N3O2. The fraction of sp³-hybridized carbons (Fsp3) is 0.200. The molecular weight excluding hydrogens is 194 g/mol. The number of carbonyl (C=O) groups excluding carboxylic acids is 1. The molecule has 0 bridgehead atoms. The number of pyridine rings is 1. The molecule has 0 aliphatic rings. The van der Waals surface area contributed by atoms with Crippen LogP contribution in [-0.4, -0.2) is 17.5 Å². The van der Waals surface area contributed by atoms with Gasteiger partial charge < -0.3 is 4.74 Å². The van der Waals surface area contributed by atoms with Gasteiger partial charge in [0.2, 0.25) is 0 Å². The number of carbonyl (C=O) groups is 1. The molecule has 0 atom stereocenters. The highest BCUT2D eigenvalue weighted by Gasteiger charge is 2.08. The highest BCUT2D eigenvalue weighted by molar-refractivity contribution is 5.99. The molecule has 0 saturated carbocycles. The predicted octanol–water partition coefficient (Wildman–Crippen LogP) is 0.839. The molecule has 2 N–H and O–H groups in total. The van der Waals surface area contributed by atoms with Gasteiger partial charge in [-0.25, -0.2) is 15.8 Å². The lowest BCUT2D eigenvalue weighted by Crippen LogP contribution is -2.36. The van der Waals surface area contributed by atoms with E-state index in [1.54, 1.807) is 24.4 Å². The van der Waals surface area contributed by atoms with Crippen molar-refractivity contribution in [3.63, 3.8) is 0 Å². The first kappa shape index (κ1) is 11.2. The Morgan fingerprint density at radius 3 is 3.07 bits per heavy atom. The Labute approximate surface area is 88.1 Å². The van der Waals surface area contributed by atoms with Crippen molar-refractivity contribution in [2.24, 2.45) is 5.84 Å². The standard InChI is InChI=1S/C10H13N3O2/c1-2-15-8-6-10(14)13(11)9-5-3-4-7-12-9/h3-8H,2,11H2,1H3. The minimum absolute atomic E-state index is 0.387. The minimum Gasteiger partial charge on any atom is -0.501 e. The molecule has 1 rings (SSSR count). The molecule has 0 unspecified atom stereocenters. The van der Waals surface area contributed by atoms with Crippen LogP contribution in [0.4, 0.5) is 5.82 Å². The number of ether oxygens (including phenoxy) is 1. The van der Waals surface area contributed by atoms with E-state index in [4.69, 9.17) is 10.6 Å². The highest BCUT2D eigenvalue weighted by atomic mass is 16.5. The van der Waals surface area contributed by atoms with Gasteiger partial charge in [-0.05, 0) is 19.1 Å². The van der Waals surface area contributed by atoms with E-state index >= 15 is 0 Å². The summed E-state index contributed by atoms with van der Waals surface area (Å²) in [4.78, 5) is 15.3. The van der Waals surface area contributed by atoms with E-state index in [1.165, 1.54) is 12.3 Å². The molecule has 1 amide bonds. The van der Waals surface area contributed by atoms with Crippen molar-refractivity contribution < 1.29 is 9.53 Å². The smallest absolute Gasteiger partial charge is 0.269 e. The van der Waals surface area contributed by atoms with Gasteiger partial charge in [-0.2, -0.15) is 0 Å². The van der Waals surface area contributed by atoms with Crippen molar-refractivity contribution in [3.8, 4) is 0 Å². The molecule has 5 heteroatoms. The summed E-state index contributed by atoms with van der Waals surface area (Å²) in [6, 6.07) is 5.14. The van der Waals surface area contributed by atoms with Crippen LogP contribution in [0.2, 0.25) is 0 Å². The largest absolute Gasteiger partial charge is 0.501 e. The van der Waals surface area contributed by atoms with Crippen molar-refractivity contribution in [1.29, 1.82) is 0 Å². The maximum atomic E-state index is 11.4. The van der Waals surface area contributed by atoms with Gasteiger partial charge in [-0.1, -0.05) is 6.07 Å². The van der Waals surface area contributed by atoms with Crippen LogP contribution in [0.3, 0.4) is 0 Å². The molecule has 0 saturated heterocycles. The van der Waals surface area contributed by atoms with Gasteiger partial charge in [-0.3, -0.25) is 4.79 Å². The number of nitrogens with two attached hydrogens (primary N) is 1.